The topological polar surface area (TPSA) is 113 Å². The number of nitrogens with one attached hydrogen (secondary N) is 1. The minimum Gasteiger partial charge on any atom is -0.351 e. The average Bonchev–Trinajstić information content (AvgIpc) is 3.30. The van der Waals surface area contributed by atoms with Crippen LogP contribution in [0.5, 0.6) is 0 Å². The molecule has 1 saturated carbocycles. The van der Waals surface area contributed by atoms with E-state index in [-0.39, 0.29) is 23.4 Å². The predicted molar refractivity (Wildman–Crippen MR) is 125 cm³/mol. The number of pyridine rings is 1. The number of nitrogens with zero attached hydrogens (tertiary/aromatic N) is 6. The molecule has 1 N–H and O–H groups in total. The lowest BCUT2D eigenvalue weighted by atomic mass is 10.3. The molecule has 4 aromatic heterocycles. The number of para-hydroxylation sites is 2. The first-order valence-electron chi connectivity index (χ1n) is 11.4. The van der Waals surface area contributed by atoms with Gasteiger partial charge in [-0.3, -0.25) is 18.9 Å². The summed E-state index contributed by atoms with van der Waals surface area (Å²) in [7, 11) is 0. The first-order chi connectivity index (χ1) is 16.7. The van der Waals surface area contributed by atoms with Gasteiger partial charge in [0.1, 0.15) is 5.82 Å². The van der Waals surface area contributed by atoms with E-state index in [1.54, 1.807) is 17.0 Å². The van der Waals surface area contributed by atoms with Crippen LogP contribution in [0.1, 0.15) is 41.7 Å². The molecule has 1 amide bonds. The van der Waals surface area contributed by atoms with Crippen LogP contribution in [0.2, 0.25) is 0 Å². The van der Waals surface area contributed by atoms with Crippen LogP contribution in [0, 0.1) is 0 Å². The summed E-state index contributed by atoms with van der Waals surface area (Å²) in [6.07, 6.45) is 7.66. The Morgan fingerprint density at radius 1 is 1.06 bits per heavy atom. The third-order valence-corrected chi connectivity index (χ3v) is 6.22. The SMILES string of the molecule is O=C(NCCCn1c(Cn2c(=O)n(C3CC3)c3ccncc32)nc2ccccc21)c1ccno1. The smallest absolute Gasteiger partial charge is 0.329 e. The Bertz CT molecular complexity index is 1540. The Morgan fingerprint density at radius 3 is 2.76 bits per heavy atom. The van der Waals surface area contributed by atoms with Crippen LogP contribution in [-0.2, 0) is 13.1 Å². The van der Waals surface area contributed by atoms with Crippen LogP contribution in [0.15, 0.2) is 64.3 Å². The molecule has 10 heteroatoms. The van der Waals surface area contributed by atoms with Crippen molar-refractivity contribution < 1.29 is 9.32 Å². The molecule has 6 rings (SSSR count). The van der Waals surface area contributed by atoms with E-state index in [0.717, 1.165) is 40.7 Å². The molecule has 0 bridgehead atoms. The van der Waals surface area contributed by atoms with Crippen molar-refractivity contribution in [2.75, 3.05) is 6.54 Å². The summed E-state index contributed by atoms with van der Waals surface area (Å²) in [5.74, 6) is 0.692. The Balaban J connectivity index is 1.29. The molecule has 10 nitrogen and oxygen atoms in total. The van der Waals surface area contributed by atoms with Crippen LogP contribution < -0.4 is 11.0 Å². The third-order valence-electron chi connectivity index (χ3n) is 6.22. The van der Waals surface area contributed by atoms with Crippen molar-refractivity contribution in [1.29, 1.82) is 0 Å². The van der Waals surface area contributed by atoms with E-state index >= 15 is 0 Å². The van der Waals surface area contributed by atoms with E-state index in [4.69, 9.17) is 9.51 Å². The zero-order valence-corrected chi connectivity index (χ0v) is 18.4. The van der Waals surface area contributed by atoms with Crippen molar-refractivity contribution in [3.8, 4) is 0 Å². The fraction of sp³-hybridized carbons (Fsp3) is 0.292. The molecule has 1 aromatic carbocycles. The largest absolute Gasteiger partial charge is 0.351 e. The monoisotopic (exact) mass is 457 g/mol. The summed E-state index contributed by atoms with van der Waals surface area (Å²) >= 11 is 0. The van der Waals surface area contributed by atoms with E-state index < -0.39 is 0 Å². The highest BCUT2D eigenvalue weighted by molar-refractivity contribution is 5.91. The lowest BCUT2D eigenvalue weighted by molar-refractivity contribution is 0.0916. The first-order valence-corrected chi connectivity index (χ1v) is 11.4. The van der Waals surface area contributed by atoms with Gasteiger partial charge in [0.25, 0.3) is 5.91 Å². The summed E-state index contributed by atoms with van der Waals surface area (Å²) < 4.78 is 10.7. The fourth-order valence-corrected chi connectivity index (χ4v) is 4.46. The molecule has 1 aliphatic carbocycles. The minimum absolute atomic E-state index is 0.0246. The zero-order valence-electron chi connectivity index (χ0n) is 18.4. The van der Waals surface area contributed by atoms with E-state index in [2.05, 4.69) is 20.0 Å². The maximum atomic E-state index is 13.3. The molecule has 34 heavy (non-hydrogen) atoms. The average molecular weight is 457 g/mol. The molecule has 1 aliphatic rings. The highest BCUT2D eigenvalue weighted by Crippen LogP contribution is 2.36. The van der Waals surface area contributed by atoms with Gasteiger partial charge in [-0.05, 0) is 37.5 Å². The van der Waals surface area contributed by atoms with Crippen LogP contribution in [-0.4, -0.2) is 41.3 Å². The van der Waals surface area contributed by atoms with Gasteiger partial charge in [0.2, 0.25) is 5.76 Å². The summed E-state index contributed by atoms with van der Waals surface area (Å²) in [5, 5.41) is 6.41. The van der Waals surface area contributed by atoms with Crippen molar-refractivity contribution >= 4 is 28.0 Å². The van der Waals surface area contributed by atoms with Gasteiger partial charge in [-0.1, -0.05) is 17.3 Å². The van der Waals surface area contributed by atoms with Crippen LogP contribution in [0.4, 0.5) is 0 Å². The summed E-state index contributed by atoms with van der Waals surface area (Å²) in [6, 6.07) is 11.6. The first kappa shape index (κ1) is 20.4. The molecule has 0 radical (unpaired) electrons. The number of carbonyl (C=O) groups excluding carboxylic acids is 1. The lowest BCUT2D eigenvalue weighted by Crippen LogP contribution is -2.26. The molecule has 4 heterocycles. The van der Waals surface area contributed by atoms with Crippen molar-refractivity contribution in [2.24, 2.45) is 0 Å². The van der Waals surface area contributed by atoms with E-state index in [1.165, 1.54) is 12.3 Å². The second kappa shape index (κ2) is 8.29. The number of aromatic nitrogens is 6. The van der Waals surface area contributed by atoms with Crippen molar-refractivity contribution in [3.05, 3.63) is 77.1 Å². The number of amides is 1. The van der Waals surface area contributed by atoms with Crippen molar-refractivity contribution in [3.63, 3.8) is 0 Å². The number of benzene rings is 1. The number of aryl methyl sites for hydroxylation is 1. The van der Waals surface area contributed by atoms with Gasteiger partial charge in [0.05, 0.1) is 41.0 Å². The molecule has 0 aliphatic heterocycles. The Hall–Kier alpha value is -4.21. The molecule has 0 saturated heterocycles. The summed E-state index contributed by atoms with van der Waals surface area (Å²) in [5.41, 5.74) is 3.58. The second-order valence-electron chi connectivity index (χ2n) is 8.49. The number of rotatable bonds is 8. The maximum Gasteiger partial charge on any atom is 0.329 e. The van der Waals surface area contributed by atoms with E-state index in [1.807, 2.05) is 34.9 Å². The van der Waals surface area contributed by atoms with Crippen molar-refractivity contribution in [2.45, 2.75) is 38.4 Å². The molecule has 1 fully saturated rings. The van der Waals surface area contributed by atoms with Crippen LogP contribution in [0.25, 0.3) is 22.1 Å². The van der Waals surface area contributed by atoms with Crippen LogP contribution >= 0.6 is 0 Å². The number of fused-ring (bicyclic) bond motifs is 2. The molecule has 0 unspecified atom stereocenters. The normalized spacial score (nSPS) is 13.6. The standard InChI is InChI=1S/C24H23N7O3/c32-23(21-9-12-27-34-21)26-10-3-13-29-18-5-2-1-4-17(18)28-22(29)15-30-20-14-25-11-8-19(20)31(24(30)33)16-6-7-16/h1-2,4-5,8-9,11-12,14,16H,3,6-7,10,13,15H2,(H,26,32). The summed E-state index contributed by atoms with van der Waals surface area (Å²) in [4.78, 5) is 34.6. The molecule has 0 spiro atoms. The highest BCUT2D eigenvalue weighted by Gasteiger charge is 2.29. The van der Waals surface area contributed by atoms with Crippen LogP contribution in [0.3, 0.4) is 0 Å². The highest BCUT2D eigenvalue weighted by atomic mass is 16.5. The quantitative estimate of drug-likeness (QED) is 0.359. The Labute approximate surface area is 193 Å². The van der Waals surface area contributed by atoms with Gasteiger partial charge < -0.3 is 14.4 Å². The minimum atomic E-state index is -0.292. The Kier molecular flexibility index (Phi) is 4.97. The molecular formula is C24H23N7O3. The number of carbonyl (C=O) groups is 1. The summed E-state index contributed by atoms with van der Waals surface area (Å²) in [6.45, 7) is 1.46. The number of hydrogen-bond donors (Lipinski definition) is 1. The zero-order chi connectivity index (χ0) is 23.1. The molecule has 0 atom stereocenters. The molecule has 172 valence electrons. The predicted octanol–water partition coefficient (Wildman–Crippen LogP) is 2.74. The van der Waals surface area contributed by atoms with Gasteiger partial charge in [-0.15, -0.1) is 0 Å². The lowest BCUT2D eigenvalue weighted by Gasteiger charge is -2.10. The van der Waals surface area contributed by atoms with Gasteiger partial charge in [0, 0.05) is 31.4 Å². The molecular weight excluding hydrogens is 434 g/mol. The van der Waals surface area contributed by atoms with Gasteiger partial charge in [-0.2, -0.15) is 0 Å². The van der Waals surface area contributed by atoms with E-state index in [9.17, 15) is 9.59 Å². The van der Waals surface area contributed by atoms with Crippen molar-refractivity contribution in [1.82, 2.24) is 34.1 Å². The third kappa shape index (κ3) is 3.57. The maximum absolute atomic E-state index is 13.3. The van der Waals surface area contributed by atoms with Gasteiger partial charge in [-0.25, -0.2) is 9.78 Å². The Morgan fingerprint density at radius 2 is 1.94 bits per heavy atom. The van der Waals surface area contributed by atoms with Gasteiger partial charge >= 0.3 is 5.69 Å². The number of imidazole rings is 2. The van der Waals surface area contributed by atoms with Gasteiger partial charge in [0.15, 0.2) is 0 Å². The molecule has 5 aromatic rings. The van der Waals surface area contributed by atoms with E-state index in [0.29, 0.717) is 26.1 Å². The fourth-order valence-electron chi connectivity index (χ4n) is 4.46. The number of hydrogen-bond acceptors (Lipinski definition) is 6. The second-order valence-corrected chi connectivity index (χ2v) is 8.49.